The molecule has 0 aliphatic carbocycles. The van der Waals surface area contributed by atoms with Crippen LogP contribution in [0.5, 0.6) is 5.88 Å². The normalized spacial score (nSPS) is 18.9. The van der Waals surface area contributed by atoms with E-state index in [2.05, 4.69) is 14.6 Å². The van der Waals surface area contributed by atoms with Gasteiger partial charge in [0.1, 0.15) is 11.5 Å². The van der Waals surface area contributed by atoms with Crippen molar-refractivity contribution >= 4 is 32.6 Å². The highest BCUT2D eigenvalue weighted by Gasteiger charge is 2.36. The highest BCUT2D eigenvalue weighted by Crippen LogP contribution is 2.36. The van der Waals surface area contributed by atoms with Gasteiger partial charge >= 0.3 is 0 Å². The van der Waals surface area contributed by atoms with Gasteiger partial charge in [0.25, 0.3) is 0 Å². The van der Waals surface area contributed by atoms with E-state index >= 15 is 4.39 Å². The summed E-state index contributed by atoms with van der Waals surface area (Å²) in [6.07, 6.45) is 4.35. The zero-order valence-electron chi connectivity index (χ0n) is 23.1. The van der Waals surface area contributed by atoms with Crippen LogP contribution in [-0.2, 0) is 21.3 Å². The fourth-order valence-electron chi connectivity index (χ4n) is 5.55. The largest absolute Gasteiger partial charge is 0.480 e. The minimum absolute atomic E-state index is 0.0683. The lowest BCUT2D eigenvalue weighted by molar-refractivity contribution is -0.00493. The Morgan fingerprint density at radius 3 is 2.62 bits per heavy atom. The van der Waals surface area contributed by atoms with Crippen molar-refractivity contribution in [2.24, 2.45) is 0 Å². The summed E-state index contributed by atoms with van der Waals surface area (Å²) in [4.78, 5) is 18.2. The predicted octanol–water partition coefficient (Wildman–Crippen LogP) is 2.78. The number of likely N-dealkylation sites (tertiary alicyclic amines) is 1. The second-order valence-electron chi connectivity index (χ2n) is 10.9. The molecule has 0 saturated carbocycles. The number of aliphatic hydroxyl groups is 1. The van der Waals surface area contributed by atoms with E-state index in [9.17, 15) is 13.5 Å². The number of anilines is 2. The Morgan fingerprint density at radius 1 is 1.20 bits per heavy atom. The molecule has 1 aromatic carbocycles. The lowest BCUT2D eigenvalue weighted by Gasteiger charge is -2.34. The maximum Gasteiger partial charge on any atom is 0.238 e. The molecule has 2 aliphatic heterocycles. The van der Waals surface area contributed by atoms with Gasteiger partial charge in [-0.05, 0) is 57.0 Å². The number of nitrogens with zero attached hydrogens (tertiary/aromatic N) is 5. The van der Waals surface area contributed by atoms with Crippen LogP contribution >= 0.6 is 0 Å². The third kappa shape index (κ3) is 6.12. The number of rotatable bonds is 8. The van der Waals surface area contributed by atoms with E-state index < -0.39 is 21.4 Å². The van der Waals surface area contributed by atoms with Gasteiger partial charge in [-0.25, -0.2) is 27.8 Å². The molecule has 0 radical (unpaired) electrons. The first-order valence-electron chi connectivity index (χ1n) is 13.2. The van der Waals surface area contributed by atoms with E-state index in [0.717, 1.165) is 25.6 Å². The van der Waals surface area contributed by atoms with E-state index in [1.807, 2.05) is 4.90 Å². The molecule has 2 fully saturated rings. The number of aromatic nitrogens is 3. The molecule has 2 aliphatic rings. The van der Waals surface area contributed by atoms with Crippen LogP contribution in [0.2, 0.25) is 0 Å². The fourth-order valence-corrected chi connectivity index (χ4v) is 6.10. The molecule has 0 spiro atoms. The molecular formula is C27H35FN6O5S. The molecule has 13 heteroatoms. The topological polar surface area (TPSA) is 130 Å². The maximum atomic E-state index is 15.2. The number of morpholine rings is 1. The van der Waals surface area contributed by atoms with Crippen molar-refractivity contribution in [3.05, 3.63) is 35.8 Å². The van der Waals surface area contributed by atoms with Crippen LogP contribution in [0.15, 0.2) is 24.4 Å². The third-order valence-electron chi connectivity index (χ3n) is 7.29. The highest BCUT2D eigenvalue weighted by molar-refractivity contribution is 7.92. The van der Waals surface area contributed by atoms with E-state index in [-0.39, 0.29) is 17.6 Å². The molecule has 0 bridgehead atoms. The Hall–Kier alpha value is -3.13. The van der Waals surface area contributed by atoms with Crippen molar-refractivity contribution in [2.45, 2.75) is 44.9 Å². The average Bonchev–Trinajstić information content (AvgIpc) is 3.37. The van der Waals surface area contributed by atoms with Crippen molar-refractivity contribution in [1.29, 1.82) is 0 Å². The molecule has 40 heavy (non-hydrogen) atoms. The molecule has 11 nitrogen and oxygen atoms in total. The molecule has 5 rings (SSSR count). The van der Waals surface area contributed by atoms with E-state index in [0.29, 0.717) is 66.5 Å². The number of pyridine rings is 1. The first-order chi connectivity index (χ1) is 18.9. The molecule has 1 atom stereocenters. The van der Waals surface area contributed by atoms with Crippen LogP contribution in [0.4, 0.5) is 16.0 Å². The van der Waals surface area contributed by atoms with Gasteiger partial charge in [-0.3, -0.25) is 9.62 Å². The molecule has 3 aromatic rings. The van der Waals surface area contributed by atoms with Crippen molar-refractivity contribution in [2.75, 3.05) is 55.8 Å². The zero-order valence-corrected chi connectivity index (χ0v) is 24.0. The van der Waals surface area contributed by atoms with Gasteiger partial charge in [0, 0.05) is 42.8 Å². The van der Waals surface area contributed by atoms with Crippen LogP contribution in [0.1, 0.15) is 32.3 Å². The number of nitrogens with one attached hydrogen (secondary N) is 1. The Labute approximate surface area is 233 Å². The van der Waals surface area contributed by atoms with Gasteiger partial charge in [-0.15, -0.1) is 0 Å². The Bertz CT molecular complexity index is 1510. The first-order valence-corrected chi connectivity index (χ1v) is 15.1. The molecule has 1 unspecified atom stereocenters. The van der Waals surface area contributed by atoms with Crippen LogP contribution < -0.4 is 14.4 Å². The van der Waals surface area contributed by atoms with Gasteiger partial charge in [-0.2, -0.15) is 0 Å². The molecule has 2 N–H and O–H groups in total. The summed E-state index contributed by atoms with van der Waals surface area (Å²) >= 11 is 0. The van der Waals surface area contributed by atoms with E-state index in [1.165, 1.54) is 25.4 Å². The molecule has 2 saturated heterocycles. The summed E-state index contributed by atoms with van der Waals surface area (Å²) in [7, 11) is -2.24. The van der Waals surface area contributed by atoms with Crippen molar-refractivity contribution in [3.63, 3.8) is 0 Å². The van der Waals surface area contributed by atoms with Crippen LogP contribution in [-0.4, -0.2) is 91.2 Å². The number of fused-ring (bicyclic) bond motifs is 1. The monoisotopic (exact) mass is 574 g/mol. The Balaban J connectivity index is 1.69. The van der Waals surface area contributed by atoms with E-state index in [1.54, 1.807) is 19.9 Å². The molecule has 2 aromatic heterocycles. The number of ether oxygens (including phenoxy) is 2. The van der Waals surface area contributed by atoms with Crippen molar-refractivity contribution < 1.29 is 27.4 Å². The smallest absolute Gasteiger partial charge is 0.238 e. The zero-order chi connectivity index (χ0) is 28.7. The van der Waals surface area contributed by atoms with Gasteiger partial charge in [-0.1, -0.05) is 0 Å². The second kappa shape index (κ2) is 11.0. The summed E-state index contributed by atoms with van der Waals surface area (Å²) in [5, 5.41) is 11.2. The number of halogens is 1. The molecule has 216 valence electrons. The SMILES string of the molecule is COc1ncc(-c2nc(N3CCOCC3)nc3c(CN4CCCC4C(C)(C)O)cc(F)cc23)cc1NS(C)(=O)=O. The first kappa shape index (κ1) is 28.4. The quantitative estimate of drug-likeness (QED) is 0.414. The summed E-state index contributed by atoms with van der Waals surface area (Å²) in [6, 6.07) is 4.39. The fraction of sp³-hybridized carbons (Fsp3) is 0.519. The van der Waals surface area contributed by atoms with Crippen molar-refractivity contribution in [3.8, 4) is 17.1 Å². The maximum absolute atomic E-state index is 15.2. The lowest BCUT2D eigenvalue weighted by Crippen LogP contribution is -2.45. The number of hydrogen-bond donors (Lipinski definition) is 2. The number of benzene rings is 1. The summed E-state index contributed by atoms with van der Waals surface area (Å²) in [5.74, 6) is 0.119. The second-order valence-corrected chi connectivity index (χ2v) is 12.6. The van der Waals surface area contributed by atoms with Crippen LogP contribution in [0.3, 0.4) is 0 Å². The standard InChI is InChI=1S/C27H35FN6O5S/c1-27(2,35)22-6-5-7-34(22)16-18-12-19(28)14-20-23(30-26(31-24(18)20)33-8-10-39-11-9-33)17-13-21(32-40(4,36)37)25(38-3)29-15-17/h12-15,22,32,35H,5-11,16H2,1-4H3. The highest BCUT2D eigenvalue weighted by atomic mass is 32.2. The average molecular weight is 575 g/mol. The van der Waals surface area contributed by atoms with Gasteiger partial charge in [0.05, 0.1) is 43.4 Å². The summed E-state index contributed by atoms with van der Waals surface area (Å²) in [5.41, 5.74) is 1.39. The molecule has 0 amide bonds. The number of sulfonamides is 1. The molecule has 4 heterocycles. The van der Waals surface area contributed by atoms with Crippen LogP contribution in [0.25, 0.3) is 22.2 Å². The lowest BCUT2D eigenvalue weighted by atomic mass is 9.96. The minimum atomic E-state index is -3.63. The third-order valence-corrected chi connectivity index (χ3v) is 7.88. The Kier molecular flexibility index (Phi) is 7.83. The number of methoxy groups -OCH3 is 1. The van der Waals surface area contributed by atoms with Crippen LogP contribution in [0, 0.1) is 5.82 Å². The predicted molar refractivity (Wildman–Crippen MR) is 151 cm³/mol. The summed E-state index contributed by atoms with van der Waals surface area (Å²) < 4.78 is 52.5. The van der Waals surface area contributed by atoms with Gasteiger partial charge in [0.2, 0.25) is 21.9 Å². The number of hydrogen-bond acceptors (Lipinski definition) is 10. The van der Waals surface area contributed by atoms with Crippen molar-refractivity contribution in [1.82, 2.24) is 19.9 Å². The molecular weight excluding hydrogens is 539 g/mol. The van der Waals surface area contributed by atoms with Gasteiger partial charge < -0.3 is 19.5 Å². The van der Waals surface area contributed by atoms with Gasteiger partial charge in [0.15, 0.2) is 0 Å². The summed E-state index contributed by atoms with van der Waals surface area (Å²) in [6.45, 7) is 7.03. The Morgan fingerprint density at radius 2 is 1.95 bits per heavy atom. The minimum Gasteiger partial charge on any atom is -0.480 e. The van der Waals surface area contributed by atoms with E-state index in [4.69, 9.17) is 19.4 Å².